The first-order chi connectivity index (χ1) is 9.08. The minimum Gasteiger partial charge on any atom is -0.478 e. The molecule has 0 radical (unpaired) electrons. The van der Waals surface area contributed by atoms with E-state index in [-0.39, 0.29) is 0 Å². The van der Waals surface area contributed by atoms with Crippen LogP contribution in [0.15, 0.2) is 17.5 Å². The van der Waals surface area contributed by atoms with Crippen LogP contribution < -0.4 is 0 Å². The number of nitrogens with zero attached hydrogens (tertiary/aromatic N) is 1. The van der Waals surface area contributed by atoms with Gasteiger partial charge in [0.1, 0.15) is 0 Å². The summed E-state index contributed by atoms with van der Waals surface area (Å²) in [5.41, 5.74) is 1.04. The zero-order valence-corrected chi connectivity index (χ0v) is 12.3. The van der Waals surface area contributed by atoms with Gasteiger partial charge in [-0.15, -0.1) is 11.3 Å². The van der Waals surface area contributed by atoms with Gasteiger partial charge in [-0.25, -0.2) is 4.79 Å². The molecule has 0 aliphatic carbocycles. The molecule has 104 valence electrons. The summed E-state index contributed by atoms with van der Waals surface area (Å²) in [6.45, 7) is 5.51. The Kier molecular flexibility index (Phi) is 4.77. The van der Waals surface area contributed by atoms with Gasteiger partial charge in [-0.2, -0.15) is 0 Å². The third-order valence-corrected chi connectivity index (χ3v) is 4.81. The lowest BCUT2D eigenvalue weighted by Crippen LogP contribution is -2.42. The van der Waals surface area contributed by atoms with Crippen molar-refractivity contribution in [3.63, 3.8) is 0 Å². The Balaban J connectivity index is 2.10. The fraction of sp³-hybridized carbons (Fsp3) is 0.533. The number of hydrogen-bond acceptors (Lipinski definition) is 3. The number of carboxylic acid groups (broad SMARTS) is 1. The van der Waals surface area contributed by atoms with Crippen LogP contribution in [-0.2, 0) is 11.3 Å². The number of hydrogen-bond donors (Lipinski definition) is 1. The van der Waals surface area contributed by atoms with Crippen molar-refractivity contribution < 1.29 is 9.90 Å². The summed E-state index contributed by atoms with van der Waals surface area (Å²) in [5, 5.41) is 10.8. The van der Waals surface area contributed by atoms with Gasteiger partial charge in [-0.3, -0.25) is 4.90 Å². The summed E-state index contributed by atoms with van der Waals surface area (Å²) in [6, 6.07) is 3.22. The molecule has 2 rings (SSSR count). The molecule has 1 N–H and O–H groups in total. The normalized spacial score (nSPS) is 24.9. The van der Waals surface area contributed by atoms with Crippen LogP contribution in [0, 0.1) is 0 Å². The Morgan fingerprint density at radius 1 is 1.47 bits per heavy atom. The van der Waals surface area contributed by atoms with E-state index in [1.54, 1.807) is 17.4 Å². The molecule has 3 nitrogen and oxygen atoms in total. The Labute approximate surface area is 118 Å². The van der Waals surface area contributed by atoms with Crippen LogP contribution in [0.4, 0.5) is 0 Å². The highest BCUT2D eigenvalue weighted by molar-refractivity contribution is 7.10. The van der Waals surface area contributed by atoms with Gasteiger partial charge in [0.25, 0.3) is 0 Å². The number of carboxylic acids is 1. The molecule has 1 aromatic heterocycles. The Morgan fingerprint density at radius 2 is 2.16 bits per heavy atom. The second-order valence-corrected chi connectivity index (χ2v) is 6.27. The molecule has 0 aromatic carbocycles. The van der Waals surface area contributed by atoms with E-state index >= 15 is 0 Å². The van der Waals surface area contributed by atoms with E-state index in [0.29, 0.717) is 12.1 Å². The standard InChI is InChI=1S/C15H21NO2S/c1-11-4-3-5-12(2)16(11)10-14-13(8-9-19-14)6-7-15(17)18/h6-9,11-12H,3-5,10H2,1-2H3,(H,17,18)/b7-6+/t11-,12+. The first-order valence-electron chi connectivity index (χ1n) is 6.81. The monoisotopic (exact) mass is 279 g/mol. The molecule has 0 unspecified atom stereocenters. The second-order valence-electron chi connectivity index (χ2n) is 5.27. The molecule has 19 heavy (non-hydrogen) atoms. The fourth-order valence-electron chi connectivity index (χ4n) is 2.74. The van der Waals surface area contributed by atoms with Gasteiger partial charge in [0.05, 0.1) is 0 Å². The third-order valence-electron chi connectivity index (χ3n) is 3.89. The predicted molar refractivity (Wildman–Crippen MR) is 79.3 cm³/mol. The van der Waals surface area contributed by atoms with E-state index < -0.39 is 5.97 Å². The van der Waals surface area contributed by atoms with Crippen LogP contribution in [0.3, 0.4) is 0 Å². The maximum Gasteiger partial charge on any atom is 0.328 e. The molecule has 2 atom stereocenters. The highest BCUT2D eigenvalue weighted by atomic mass is 32.1. The van der Waals surface area contributed by atoms with Crippen molar-refractivity contribution in [3.8, 4) is 0 Å². The van der Waals surface area contributed by atoms with Crippen LogP contribution in [0.1, 0.15) is 43.6 Å². The molecule has 1 aromatic rings. The lowest BCUT2D eigenvalue weighted by atomic mass is 9.97. The van der Waals surface area contributed by atoms with Crippen LogP contribution in [0.2, 0.25) is 0 Å². The molecule has 0 spiro atoms. The number of aliphatic carboxylic acids is 1. The van der Waals surface area contributed by atoms with Gasteiger partial charge in [0.15, 0.2) is 0 Å². The predicted octanol–water partition coefficient (Wildman–Crippen LogP) is 3.61. The van der Waals surface area contributed by atoms with E-state index in [9.17, 15) is 4.79 Å². The van der Waals surface area contributed by atoms with E-state index in [4.69, 9.17) is 5.11 Å². The Morgan fingerprint density at radius 3 is 2.79 bits per heavy atom. The summed E-state index contributed by atoms with van der Waals surface area (Å²) in [5.74, 6) is -0.892. The summed E-state index contributed by atoms with van der Waals surface area (Å²) in [4.78, 5) is 14.4. The molecule has 0 saturated carbocycles. The van der Waals surface area contributed by atoms with Crippen molar-refractivity contribution in [2.45, 2.75) is 51.7 Å². The maximum absolute atomic E-state index is 10.6. The number of rotatable bonds is 4. The van der Waals surface area contributed by atoms with Gasteiger partial charge < -0.3 is 5.11 Å². The number of likely N-dealkylation sites (tertiary alicyclic amines) is 1. The molecule has 1 aliphatic heterocycles. The molecule has 1 fully saturated rings. The van der Waals surface area contributed by atoms with Crippen LogP contribution in [0.25, 0.3) is 6.08 Å². The molecular formula is C15H21NO2S. The first-order valence-corrected chi connectivity index (χ1v) is 7.69. The third kappa shape index (κ3) is 3.67. The van der Waals surface area contributed by atoms with E-state index in [0.717, 1.165) is 12.1 Å². The van der Waals surface area contributed by atoms with Crippen LogP contribution >= 0.6 is 11.3 Å². The molecular weight excluding hydrogens is 258 g/mol. The fourth-order valence-corrected chi connectivity index (χ4v) is 3.62. The largest absolute Gasteiger partial charge is 0.478 e. The summed E-state index contributed by atoms with van der Waals surface area (Å²) < 4.78 is 0. The Hall–Kier alpha value is -1.13. The number of carbonyl (C=O) groups is 1. The highest BCUT2D eigenvalue weighted by Crippen LogP contribution is 2.28. The van der Waals surface area contributed by atoms with E-state index in [1.165, 1.54) is 30.2 Å². The maximum atomic E-state index is 10.6. The van der Waals surface area contributed by atoms with Gasteiger partial charge in [-0.05, 0) is 49.8 Å². The van der Waals surface area contributed by atoms with Crippen molar-refractivity contribution in [2.75, 3.05) is 0 Å². The van der Waals surface area contributed by atoms with Gasteiger partial charge in [0, 0.05) is 29.6 Å². The zero-order chi connectivity index (χ0) is 13.8. The van der Waals surface area contributed by atoms with E-state index in [2.05, 4.69) is 18.7 Å². The SMILES string of the molecule is C[C@@H]1CCC[C@H](C)N1Cc1sccc1/C=C/C(=O)O. The summed E-state index contributed by atoms with van der Waals surface area (Å²) >= 11 is 1.71. The zero-order valence-electron chi connectivity index (χ0n) is 11.5. The molecule has 1 saturated heterocycles. The van der Waals surface area contributed by atoms with Crippen molar-refractivity contribution >= 4 is 23.4 Å². The average molecular weight is 279 g/mol. The lowest BCUT2D eigenvalue weighted by molar-refractivity contribution is -0.131. The molecule has 1 aliphatic rings. The van der Waals surface area contributed by atoms with Crippen molar-refractivity contribution in [1.82, 2.24) is 4.90 Å². The van der Waals surface area contributed by atoms with Crippen molar-refractivity contribution in [3.05, 3.63) is 28.0 Å². The summed E-state index contributed by atoms with van der Waals surface area (Å²) in [7, 11) is 0. The average Bonchev–Trinajstić information content (AvgIpc) is 2.79. The van der Waals surface area contributed by atoms with Gasteiger partial charge in [0.2, 0.25) is 0 Å². The molecule has 4 heteroatoms. The highest BCUT2D eigenvalue weighted by Gasteiger charge is 2.25. The number of piperidine rings is 1. The summed E-state index contributed by atoms with van der Waals surface area (Å²) in [6.07, 6.45) is 6.75. The van der Waals surface area contributed by atoms with E-state index in [1.807, 2.05) is 11.4 Å². The lowest BCUT2D eigenvalue weighted by Gasteiger charge is -2.38. The number of thiophene rings is 1. The molecule has 0 bridgehead atoms. The first kappa shape index (κ1) is 14.3. The minimum atomic E-state index is -0.892. The molecule has 2 heterocycles. The second kappa shape index (κ2) is 6.35. The van der Waals surface area contributed by atoms with Crippen molar-refractivity contribution in [1.29, 1.82) is 0 Å². The smallest absolute Gasteiger partial charge is 0.328 e. The Bertz CT molecular complexity index is 456. The minimum absolute atomic E-state index is 0.613. The van der Waals surface area contributed by atoms with Crippen LogP contribution in [0.5, 0.6) is 0 Å². The van der Waals surface area contributed by atoms with Crippen molar-refractivity contribution in [2.24, 2.45) is 0 Å². The molecule has 0 amide bonds. The van der Waals surface area contributed by atoms with Gasteiger partial charge >= 0.3 is 5.97 Å². The quantitative estimate of drug-likeness (QED) is 0.856. The topological polar surface area (TPSA) is 40.5 Å². The van der Waals surface area contributed by atoms with Crippen LogP contribution in [-0.4, -0.2) is 28.1 Å². The van der Waals surface area contributed by atoms with Gasteiger partial charge in [-0.1, -0.05) is 6.42 Å².